The number of rotatable bonds is 8. The average molecular weight is 1070 g/mol. The van der Waals surface area contributed by atoms with Crippen molar-refractivity contribution in [3.63, 3.8) is 0 Å². The first-order valence-corrected chi connectivity index (χ1v) is 30.8. The van der Waals surface area contributed by atoms with Crippen molar-refractivity contribution in [2.24, 2.45) is 0 Å². The van der Waals surface area contributed by atoms with Crippen LogP contribution in [0.5, 0.6) is 0 Å². The molecule has 7 heteroatoms. The summed E-state index contributed by atoms with van der Waals surface area (Å²) in [6, 6.07) is 107. The molecule has 0 N–H and O–H groups in total. The van der Waals surface area contributed by atoms with Crippen LogP contribution in [-0.4, -0.2) is 31.3 Å². The molecule has 16 aromatic rings. The Morgan fingerprint density at radius 1 is 0.296 bits per heavy atom. The number of para-hydroxylation sites is 5. The van der Waals surface area contributed by atoms with Crippen LogP contribution in [0.15, 0.2) is 290 Å². The highest BCUT2D eigenvalue weighted by Gasteiger charge is 2.42. The fraction of sp³-hybridized carbons (Fsp3) is 0.0135. The zero-order valence-electron chi connectivity index (χ0n) is 44.0. The van der Waals surface area contributed by atoms with E-state index >= 15 is 0 Å². The van der Waals surface area contributed by atoms with E-state index in [4.69, 9.17) is 4.98 Å². The minimum Gasteiger partial charge on any atom is -0.309 e. The van der Waals surface area contributed by atoms with Crippen LogP contribution in [0.1, 0.15) is 5.82 Å². The molecule has 0 unspecified atom stereocenters. The van der Waals surface area contributed by atoms with Crippen molar-refractivity contribution < 1.29 is 0 Å². The predicted molar refractivity (Wildman–Crippen MR) is 343 cm³/mol. The average Bonchev–Trinajstić information content (AvgIpc) is 4.24. The minimum atomic E-state index is -3.08. The smallest absolute Gasteiger partial charge is 0.179 e. The Labute approximate surface area is 472 Å². The van der Waals surface area contributed by atoms with Gasteiger partial charge in [0.1, 0.15) is 5.82 Å². The van der Waals surface area contributed by atoms with Gasteiger partial charge in [-0.25, -0.2) is 4.98 Å². The van der Waals surface area contributed by atoms with Crippen LogP contribution in [0.3, 0.4) is 0 Å². The topological polar surface area (TPSA) is 32.6 Å². The Balaban J connectivity index is 0.889. The molecular weight excluding hydrogens is 1020 g/mol. The number of thioether (sulfide) groups is 1. The standard InChI is InChI=1S/C74H49N5SSi/c1-3-21-54(22-4-1)81(55-23-5-2-6-24-55,56-25-17-19-49(43-56)50-37-40-71-64(44-50)75-74-48-80-73-36-16-15-35-72(73)79(71)74)57-26-18-20-51(45-57)76-69-41-38-52(77-65-31-11-7-27-58(65)59-28-8-12-32-66(59)77)46-62(69)63-47-53(39-42-70(63)76)78-67-33-13-9-29-60(67)61-30-10-14-34-68(61)78/h1-47H,48H2. The molecule has 4 aromatic heterocycles. The zero-order chi connectivity index (χ0) is 53.2. The summed E-state index contributed by atoms with van der Waals surface area (Å²) in [5.41, 5.74) is 16.2. The van der Waals surface area contributed by atoms with Crippen molar-refractivity contribution in [1.29, 1.82) is 0 Å². The van der Waals surface area contributed by atoms with Crippen molar-refractivity contribution >= 4 is 117 Å². The fourth-order valence-corrected chi connectivity index (χ4v) is 19.5. The largest absolute Gasteiger partial charge is 0.309 e. The maximum Gasteiger partial charge on any atom is 0.179 e. The maximum atomic E-state index is 5.26. The monoisotopic (exact) mass is 1070 g/mol. The molecule has 0 radical (unpaired) electrons. The van der Waals surface area contributed by atoms with Gasteiger partial charge in [0.05, 0.1) is 55.6 Å². The molecule has 1 aliphatic heterocycles. The molecule has 0 amide bonds. The van der Waals surface area contributed by atoms with E-state index in [1.807, 2.05) is 11.8 Å². The van der Waals surface area contributed by atoms with Crippen molar-refractivity contribution in [3.8, 4) is 33.9 Å². The predicted octanol–water partition coefficient (Wildman–Crippen LogP) is 16.0. The summed E-state index contributed by atoms with van der Waals surface area (Å²) >= 11 is 1.86. The van der Waals surface area contributed by atoms with Gasteiger partial charge in [0.2, 0.25) is 0 Å². The van der Waals surface area contributed by atoms with E-state index in [1.54, 1.807) is 0 Å². The lowest BCUT2D eigenvalue weighted by molar-refractivity contribution is 0.945. The first kappa shape index (κ1) is 46.0. The first-order chi connectivity index (χ1) is 40.2. The first-order valence-electron chi connectivity index (χ1n) is 27.8. The van der Waals surface area contributed by atoms with Gasteiger partial charge in [0.15, 0.2) is 8.07 Å². The Morgan fingerprint density at radius 2 is 0.728 bits per heavy atom. The second-order valence-corrected chi connectivity index (χ2v) is 26.2. The molecule has 5 nitrogen and oxygen atoms in total. The molecule has 0 spiro atoms. The number of fused-ring (bicyclic) bond motifs is 14. The van der Waals surface area contributed by atoms with Crippen LogP contribution in [0, 0.1) is 0 Å². The van der Waals surface area contributed by atoms with Gasteiger partial charge in [-0.2, -0.15) is 0 Å². The van der Waals surface area contributed by atoms with Crippen LogP contribution >= 0.6 is 11.8 Å². The van der Waals surface area contributed by atoms with E-state index in [1.165, 1.54) is 91.3 Å². The van der Waals surface area contributed by atoms with Gasteiger partial charge < -0.3 is 13.7 Å². The summed E-state index contributed by atoms with van der Waals surface area (Å²) < 4.78 is 9.75. The fourth-order valence-electron chi connectivity index (χ4n) is 13.7. The molecular formula is C74H49N5SSi. The number of benzene rings is 12. The van der Waals surface area contributed by atoms with Crippen LogP contribution in [-0.2, 0) is 5.75 Å². The molecule has 17 rings (SSSR count). The lowest BCUT2D eigenvalue weighted by atomic mass is 10.1. The number of hydrogen-bond acceptors (Lipinski definition) is 2. The lowest BCUT2D eigenvalue weighted by Crippen LogP contribution is -2.74. The molecule has 0 saturated heterocycles. The minimum absolute atomic E-state index is 0.847. The third kappa shape index (κ3) is 6.89. The second kappa shape index (κ2) is 18.1. The van der Waals surface area contributed by atoms with Gasteiger partial charge in [-0.15, -0.1) is 11.8 Å². The van der Waals surface area contributed by atoms with E-state index in [2.05, 4.69) is 303 Å². The van der Waals surface area contributed by atoms with E-state index in [-0.39, 0.29) is 0 Å². The molecule has 0 fully saturated rings. The Hall–Kier alpha value is -9.92. The highest BCUT2D eigenvalue weighted by Crippen LogP contribution is 2.41. The molecule has 0 bridgehead atoms. The molecule has 0 aliphatic carbocycles. The summed E-state index contributed by atoms with van der Waals surface area (Å²) in [7, 11) is -3.08. The Kier molecular flexibility index (Phi) is 10.3. The molecule has 0 saturated carbocycles. The Bertz CT molecular complexity index is 4880. The molecule has 5 heterocycles. The Morgan fingerprint density at radius 3 is 1.30 bits per heavy atom. The number of imidazole rings is 1. The molecule has 380 valence electrons. The summed E-state index contributed by atoms with van der Waals surface area (Å²) in [5, 5.41) is 12.7. The van der Waals surface area contributed by atoms with Gasteiger partial charge in [-0.1, -0.05) is 188 Å². The third-order valence-electron chi connectivity index (χ3n) is 17.2. The lowest BCUT2D eigenvalue weighted by Gasteiger charge is -2.35. The van der Waals surface area contributed by atoms with Crippen molar-refractivity contribution in [3.05, 3.63) is 291 Å². The summed E-state index contributed by atoms with van der Waals surface area (Å²) in [6.07, 6.45) is 0. The van der Waals surface area contributed by atoms with Gasteiger partial charge in [0, 0.05) is 54.3 Å². The molecule has 12 aromatic carbocycles. The van der Waals surface area contributed by atoms with Gasteiger partial charge >= 0.3 is 0 Å². The van der Waals surface area contributed by atoms with Crippen molar-refractivity contribution in [2.75, 3.05) is 0 Å². The number of aromatic nitrogens is 5. The third-order valence-corrected chi connectivity index (χ3v) is 23.0. The van der Waals surface area contributed by atoms with E-state index in [9.17, 15) is 0 Å². The van der Waals surface area contributed by atoms with Crippen molar-refractivity contribution in [2.45, 2.75) is 10.6 Å². The summed E-state index contributed by atoms with van der Waals surface area (Å²) in [5.74, 6) is 1.94. The van der Waals surface area contributed by atoms with Crippen molar-refractivity contribution in [1.82, 2.24) is 23.3 Å². The van der Waals surface area contributed by atoms with Gasteiger partial charge in [0.25, 0.3) is 0 Å². The SMILES string of the molecule is c1ccc([Si](c2ccccc2)(c2cccc(-c3ccc4c(c3)nc3n4-c4ccccc4SC3)c2)c2cccc(-n3c4ccc(-n5c6ccccc6c6ccccc65)cc4c4cc(-n5c6ccccc6c6ccccc65)ccc43)c2)cc1. The molecule has 1 aliphatic rings. The van der Waals surface area contributed by atoms with Crippen LogP contribution < -0.4 is 20.7 Å². The van der Waals surface area contributed by atoms with Crippen LogP contribution in [0.4, 0.5) is 0 Å². The summed E-state index contributed by atoms with van der Waals surface area (Å²) in [4.78, 5) is 6.55. The quantitative estimate of drug-likeness (QED) is 0.112. The van der Waals surface area contributed by atoms with Crippen LogP contribution in [0.25, 0.3) is 110 Å². The summed E-state index contributed by atoms with van der Waals surface area (Å²) in [6.45, 7) is 0. The van der Waals surface area contributed by atoms with E-state index in [0.717, 1.165) is 56.3 Å². The number of hydrogen-bond donors (Lipinski definition) is 0. The maximum absolute atomic E-state index is 5.26. The second-order valence-electron chi connectivity index (χ2n) is 21.4. The van der Waals surface area contributed by atoms with Crippen LogP contribution in [0.2, 0.25) is 0 Å². The molecule has 0 atom stereocenters. The highest BCUT2D eigenvalue weighted by molar-refractivity contribution is 7.98. The highest BCUT2D eigenvalue weighted by atomic mass is 32.2. The van der Waals surface area contributed by atoms with E-state index < -0.39 is 8.07 Å². The molecule has 81 heavy (non-hydrogen) atoms. The van der Waals surface area contributed by atoms with E-state index in [0.29, 0.717) is 0 Å². The van der Waals surface area contributed by atoms with Gasteiger partial charge in [-0.3, -0.25) is 4.57 Å². The van der Waals surface area contributed by atoms with Gasteiger partial charge in [-0.05, 0) is 129 Å². The normalized spacial score (nSPS) is 12.6. The number of nitrogens with zero attached hydrogens (tertiary/aromatic N) is 5. The zero-order valence-corrected chi connectivity index (χ0v) is 45.8.